The van der Waals surface area contributed by atoms with Gasteiger partial charge in [-0.1, -0.05) is 11.8 Å². The molecular weight excluding hydrogens is 372 g/mol. The van der Waals surface area contributed by atoms with Crippen molar-refractivity contribution in [3.05, 3.63) is 34.1 Å². The molecule has 7 nitrogen and oxygen atoms in total. The van der Waals surface area contributed by atoms with Crippen LogP contribution in [-0.4, -0.2) is 21.9 Å². The molecule has 0 unspecified atom stereocenters. The molecule has 0 fully saturated rings. The maximum Gasteiger partial charge on any atom is 0.277 e. The molecule has 0 atom stereocenters. The van der Waals surface area contributed by atoms with E-state index in [0.29, 0.717) is 27.4 Å². The standard InChI is InChI=1S/C17H14N4O3S2/c1-9-10(5-6-23-9)15-20-21-17(24-15)25-8-14(22)19-16-12(7-18)11-3-2-4-13(11)26-16/h5-6H,2-4,8H2,1H3,(H,19,22). The predicted molar refractivity (Wildman–Crippen MR) is 97.1 cm³/mol. The quantitative estimate of drug-likeness (QED) is 0.665. The molecule has 0 saturated heterocycles. The van der Waals surface area contributed by atoms with Gasteiger partial charge in [-0.15, -0.1) is 21.5 Å². The van der Waals surface area contributed by atoms with Crippen LogP contribution in [0.4, 0.5) is 5.00 Å². The molecule has 26 heavy (non-hydrogen) atoms. The summed E-state index contributed by atoms with van der Waals surface area (Å²) < 4.78 is 10.8. The maximum atomic E-state index is 12.2. The van der Waals surface area contributed by atoms with Crippen LogP contribution in [0.15, 0.2) is 26.4 Å². The monoisotopic (exact) mass is 386 g/mol. The number of hydrogen-bond donors (Lipinski definition) is 1. The third-order valence-electron chi connectivity index (χ3n) is 4.11. The lowest BCUT2D eigenvalue weighted by atomic mass is 10.1. The van der Waals surface area contributed by atoms with Crippen molar-refractivity contribution in [3.63, 3.8) is 0 Å². The highest BCUT2D eigenvalue weighted by atomic mass is 32.2. The number of furan rings is 1. The summed E-state index contributed by atoms with van der Waals surface area (Å²) in [6, 6.07) is 3.97. The number of thiophene rings is 1. The van der Waals surface area contributed by atoms with Gasteiger partial charge >= 0.3 is 0 Å². The van der Waals surface area contributed by atoms with Crippen LogP contribution in [0.2, 0.25) is 0 Å². The van der Waals surface area contributed by atoms with E-state index in [0.717, 1.165) is 42.2 Å². The zero-order valence-corrected chi connectivity index (χ0v) is 15.5. The summed E-state index contributed by atoms with van der Waals surface area (Å²) in [5, 5.41) is 21.1. The molecule has 1 aliphatic carbocycles. The Bertz CT molecular complexity index is 1010. The Morgan fingerprint density at radius 3 is 3.12 bits per heavy atom. The lowest BCUT2D eigenvalue weighted by Gasteiger charge is -2.02. The molecule has 132 valence electrons. The second kappa shape index (κ2) is 6.97. The minimum Gasteiger partial charge on any atom is -0.469 e. The van der Waals surface area contributed by atoms with Crippen LogP contribution in [-0.2, 0) is 17.6 Å². The molecule has 1 N–H and O–H groups in total. The number of fused-ring (bicyclic) bond motifs is 1. The highest BCUT2D eigenvalue weighted by Crippen LogP contribution is 2.38. The van der Waals surface area contributed by atoms with E-state index < -0.39 is 0 Å². The fourth-order valence-corrected chi connectivity index (χ4v) is 4.70. The van der Waals surface area contributed by atoms with Crippen molar-refractivity contribution >= 4 is 34.0 Å². The molecule has 0 saturated carbocycles. The Hall–Kier alpha value is -2.57. The van der Waals surface area contributed by atoms with E-state index in [4.69, 9.17) is 8.83 Å². The summed E-state index contributed by atoms with van der Waals surface area (Å²) in [5.41, 5.74) is 2.44. The first-order chi connectivity index (χ1) is 12.7. The van der Waals surface area contributed by atoms with E-state index in [1.54, 1.807) is 12.3 Å². The van der Waals surface area contributed by atoms with Gasteiger partial charge in [0.05, 0.1) is 23.1 Å². The Balaban J connectivity index is 1.39. The van der Waals surface area contributed by atoms with Gasteiger partial charge in [0.1, 0.15) is 16.8 Å². The average molecular weight is 386 g/mol. The highest BCUT2D eigenvalue weighted by molar-refractivity contribution is 7.99. The molecule has 0 aromatic carbocycles. The number of nitrogens with zero attached hydrogens (tertiary/aromatic N) is 3. The second-order valence-electron chi connectivity index (χ2n) is 5.77. The molecule has 0 aliphatic heterocycles. The number of carbonyl (C=O) groups excluding carboxylic acids is 1. The van der Waals surface area contributed by atoms with Gasteiger partial charge < -0.3 is 14.2 Å². The van der Waals surface area contributed by atoms with E-state index in [1.165, 1.54) is 16.2 Å². The van der Waals surface area contributed by atoms with Crippen molar-refractivity contribution < 1.29 is 13.6 Å². The zero-order valence-electron chi connectivity index (χ0n) is 13.9. The Kier molecular flexibility index (Phi) is 4.53. The van der Waals surface area contributed by atoms with Gasteiger partial charge in [0, 0.05) is 4.88 Å². The van der Waals surface area contributed by atoms with E-state index >= 15 is 0 Å². The highest BCUT2D eigenvalue weighted by Gasteiger charge is 2.23. The average Bonchev–Trinajstić information content (AvgIpc) is 3.36. The normalized spacial score (nSPS) is 12.8. The third-order valence-corrected chi connectivity index (χ3v) is 6.13. The second-order valence-corrected chi connectivity index (χ2v) is 7.81. The molecule has 3 aromatic heterocycles. The van der Waals surface area contributed by atoms with Crippen LogP contribution < -0.4 is 5.32 Å². The number of thioether (sulfide) groups is 1. The fraction of sp³-hybridized carbons (Fsp3) is 0.294. The first kappa shape index (κ1) is 16.9. The Morgan fingerprint density at radius 2 is 2.35 bits per heavy atom. The number of nitrogens with one attached hydrogen (secondary N) is 1. The number of aromatic nitrogens is 2. The smallest absolute Gasteiger partial charge is 0.277 e. The van der Waals surface area contributed by atoms with Crippen LogP contribution in [0.5, 0.6) is 0 Å². The first-order valence-electron chi connectivity index (χ1n) is 8.01. The summed E-state index contributed by atoms with van der Waals surface area (Å²) in [4.78, 5) is 13.4. The largest absolute Gasteiger partial charge is 0.469 e. The topological polar surface area (TPSA) is 105 Å². The van der Waals surface area contributed by atoms with E-state index in [9.17, 15) is 10.1 Å². The number of amides is 1. The molecule has 0 radical (unpaired) electrons. The van der Waals surface area contributed by atoms with Crippen molar-refractivity contribution in [3.8, 4) is 17.5 Å². The third kappa shape index (κ3) is 3.13. The number of carbonyl (C=O) groups is 1. The number of hydrogen-bond acceptors (Lipinski definition) is 8. The minimum absolute atomic E-state index is 0.124. The Morgan fingerprint density at radius 1 is 1.46 bits per heavy atom. The van der Waals surface area contributed by atoms with Crippen LogP contribution in [0.1, 0.15) is 28.2 Å². The molecule has 3 heterocycles. The van der Waals surface area contributed by atoms with Crippen molar-refractivity contribution in [2.45, 2.75) is 31.4 Å². The molecule has 1 aliphatic rings. The lowest BCUT2D eigenvalue weighted by molar-refractivity contribution is -0.113. The maximum absolute atomic E-state index is 12.2. The van der Waals surface area contributed by atoms with Crippen LogP contribution in [0.25, 0.3) is 11.5 Å². The fourth-order valence-electron chi connectivity index (χ4n) is 2.88. The van der Waals surface area contributed by atoms with Crippen LogP contribution >= 0.6 is 23.1 Å². The zero-order chi connectivity index (χ0) is 18.1. The summed E-state index contributed by atoms with van der Waals surface area (Å²) >= 11 is 2.66. The predicted octanol–water partition coefficient (Wildman–Crippen LogP) is 3.79. The molecule has 0 bridgehead atoms. The van der Waals surface area contributed by atoms with Crippen molar-refractivity contribution in [1.29, 1.82) is 5.26 Å². The van der Waals surface area contributed by atoms with Gasteiger partial charge in [0.2, 0.25) is 5.91 Å². The minimum atomic E-state index is -0.203. The first-order valence-corrected chi connectivity index (χ1v) is 9.81. The molecule has 1 amide bonds. The van der Waals surface area contributed by atoms with E-state index in [1.807, 2.05) is 6.92 Å². The molecular formula is C17H14N4O3S2. The summed E-state index contributed by atoms with van der Waals surface area (Å²) in [6.45, 7) is 1.81. The molecule has 3 aromatic rings. The number of anilines is 1. The number of aryl methyl sites for hydroxylation is 2. The summed E-state index contributed by atoms with van der Waals surface area (Å²) in [5.74, 6) is 0.975. The summed E-state index contributed by atoms with van der Waals surface area (Å²) in [6.07, 6.45) is 4.53. The van der Waals surface area contributed by atoms with Crippen LogP contribution in [0, 0.1) is 18.3 Å². The van der Waals surface area contributed by atoms with Crippen LogP contribution in [0.3, 0.4) is 0 Å². The number of nitriles is 1. The van der Waals surface area contributed by atoms with Gasteiger partial charge in [-0.25, -0.2) is 0 Å². The van der Waals surface area contributed by atoms with Crippen molar-refractivity contribution in [2.24, 2.45) is 0 Å². The van der Waals surface area contributed by atoms with Gasteiger partial charge in [0.25, 0.3) is 11.1 Å². The molecule has 9 heteroatoms. The molecule has 4 rings (SSSR count). The van der Waals surface area contributed by atoms with E-state index in [2.05, 4.69) is 21.6 Å². The lowest BCUT2D eigenvalue weighted by Crippen LogP contribution is -2.14. The SMILES string of the molecule is Cc1occc1-c1nnc(SCC(=O)Nc2sc3c(c2C#N)CCC3)o1. The molecule has 0 spiro atoms. The van der Waals surface area contributed by atoms with Crippen molar-refractivity contribution in [2.75, 3.05) is 11.1 Å². The number of rotatable bonds is 5. The van der Waals surface area contributed by atoms with Gasteiger partial charge in [-0.05, 0) is 37.8 Å². The van der Waals surface area contributed by atoms with Crippen molar-refractivity contribution in [1.82, 2.24) is 10.2 Å². The van der Waals surface area contributed by atoms with Gasteiger partial charge in [-0.3, -0.25) is 4.79 Å². The van der Waals surface area contributed by atoms with Gasteiger partial charge in [0.15, 0.2) is 0 Å². The Labute approximate surface area is 157 Å². The van der Waals surface area contributed by atoms with E-state index in [-0.39, 0.29) is 11.7 Å². The summed E-state index contributed by atoms with van der Waals surface area (Å²) in [7, 11) is 0. The van der Waals surface area contributed by atoms with Gasteiger partial charge in [-0.2, -0.15) is 5.26 Å².